The fourth-order valence-corrected chi connectivity index (χ4v) is 5.56. The van der Waals surface area contributed by atoms with E-state index in [1.54, 1.807) is 0 Å². The van der Waals surface area contributed by atoms with E-state index in [2.05, 4.69) is 5.32 Å². The van der Waals surface area contributed by atoms with Crippen molar-refractivity contribution in [3.05, 3.63) is 59.2 Å². The molecular formula is C23H26N2O7S. The normalized spacial score (nSPS) is 18.8. The first kappa shape index (κ1) is 23.2. The van der Waals surface area contributed by atoms with Crippen molar-refractivity contribution in [3.63, 3.8) is 0 Å². The summed E-state index contributed by atoms with van der Waals surface area (Å²) >= 11 is 0. The number of benzene rings is 2. The van der Waals surface area contributed by atoms with Crippen LogP contribution < -0.4 is 5.32 Å². The van der Waals surface area contributed by atoms with Crippen molar-refractivity contribution in [1.82, 2.24) is 9.62 Å². The van der Waals surface area contributed by atoms with Crippen LogP contribution in [0, 0.1) is 0 Å². The number of nitrogens with one attached hydrogen (secondary N) is 1. The third-order valence-electron chi connectivity index (χ3n) is 5.83. The lowest BCUT2D eigenvalue weighted by atomic mass is 9.88. The quantitative estimate of drug-likeness (QED) is 0.612. The Bertz CT molecular complexity index is 1140. The summed E-state index contributed by atoms with van der Waals surface area (Å²) < 4.78 is 37.2. The number of carbonyl (C=O) groups is 2. The molecule has 0 bridgehead atoms. The zero-order valence-electron chi connectivity index (χ0n) is 18.0. The third kappa shape index (κ3) is 5.18. The maximum absolute atomic E-state index is 12.8. The number of sulfonamides is 1. The zero-order chi connectivity index (χ0) is 23.4. The van der Waals surface area contributed by atoms with E-state index in [0.29, 0.717) is 0 Å². The van der Waals surface area contributed by atoms with Gasteiger partial charge in [-0.1, -0.05) is 24.3 Å². The first-order valence-electron chi connectivity index (χ1n) is 10.8. The smallest absolute Gasteiger partial charge is 0.342 e. The molecule has 2 N–H and O–H groups in total. The third-order valence-corrected chi connectivity index (χ3v) is 7.73. The van der Waals surface area contributed by atoms with Gasteiger partial charge in [0, 0.05) is 13.1 Å². The highest BCUT2D eigenvalue weighted by Crippen LogP contribution is 2.29. The highest BCUT2D eigenvalue weighted by Gasteiger charge is 2.28. The summed E-state index contributed by atoms with van der Waals surface area (Å²) in [7, 11) is -3.86. The summed E-state index contributed by atoms with van der Waals surface area (Å²) in [5.41, 5.74) is 1.93. The second kappa shape index (κ2) is 9.90. The lowest BCUT2D eigenvalue weighted by Crippen LogP contribution is -2.40. The molecule has 0 spiro atoms. The van der Waals surface area contributed by atoms with Gasteiger partial charge in [-0.2, -0.15) is 4.31 Å². The molecule has 1 amide bonds. The van der Waals surface area contributed by atoms with Crippen LogP contribution >= 0.6 is 0 Å². The van der Waals surface area contributed by atoms with Crippen molar-refractivity contribution < 1.29 is 32.6 Å². The average molecular weight is 475 g/mol. The predicted octanol–water partition coefficient (Wildman–Crippen LogP) is 1.76. The highest BCUT2D eigenvalue weighted by molar-refractivity contribution is 7.89. The van der Waals surface area contributed by atoms with Crippen LogP contribution in [-0.2, 0) is 30.7 Å². The van der Waals surface area contributed by atoms with Crippen LogP contribution in [0.1, 0.15) is 40.4 Å². The van der Waals surface area contributed by atoms with E-state index in [0.717, 1.165) is 37.0 Å². The van der Waals surface area contributed by atoms with E-state index in [9.17, 15) is 23.1 Å². The molecule has 0 aromatic heterocycles. The fourth-order valence-electron chi connectivity index (χ4n) is 4.12. The van der Waals surface area contributed by atoms with Gasteiger partial charge >= 0.3 is 5.97 Å². The molecule has 9 nitrogen and oxygen atoms in total. The van der Waals surface area contributed by atoms with Crippen LogP contribution in [0.2, 0.25) is 0 Å². The second-order valence-electron chi connectivity index (χ2n) is 7.98. The number of morpholine rings is 1. The minimum Gasteiger partial charge on any atom is -0.507 e. The molecule has 0 radical (unpaired) electrons. The van der Waals surface area contributed by atoms with Crippen molar-refractivity contribution >= 4 is 21.9 Å². The molecule has 33 heavy (non-hydrogen) atoms. The molecule has 1 aliphatic carbocycles. The minimum absolute atomic E-state index is 0.141. The largest absolute Gasteiger partial charge is 0.507 e. The number of rotatable bonds is 6. The van der Waals surface area contributed by atoms with E-state index in [1.165, 1.54) is 15.9 Å². The number of hydrogen-bond donors (Lipinski definition) is 2. The van der Waals surface area contributed by atoms with E-state index in [-0.39, 0.29) is 42.8 Å². The first-order chi connectivity index (χ1) is 15.9. The number of fused-ring (bicyclic) bond motifs is 1. The monoisotopic (exact) mass is 474 g/mol. The van der Waals surface area contributed by atoms with Crippen LogP contribution in [0.5, 0.6) is 5.75 Å². The number of aryl methyl sites for hydroxylation is 1. The van der Waals surface area contributed by atoms with Crippen LogP contribution in [-0.4, -0.2) is 62.6 Å². The van der Waals surface area contributed by atoms with E-state index < -0.39 is 34.3 Å². The highest BCUT2D eigenvalue weighted by atomic mass is 32.2. The number of phenols is 1. The van der Waals surface area contributed by atoms with Gasteiger partial charge in [-0.05, 0) is 48.6 Å². The second-order valence-corrected chi connectivity index (χ2v) is 9.92. The van der Waals surface area contributed by atoms with Crippen molar-refractivity contribution in [1.29, 1.82) is 0 Å². The SMILES string of the molecule is O=C(COC(=O)c1cc(S(=O)(=O)N2CCOCC2)ccc1O)NC1CCCc2ccccc21. The van der Waals surface area contributed by atoms with Crippen LogP contribution in [0.4, 0.5) is 0 Å². The summed E-state index contributed by atoms with van der Waals surface area (Å²) in [6, 6.07) is 11.2. The number of hydrogen-bond acceptors (Lipinski definition) is 7. The summed E-state index contributed by atoms with van der Waals surface area (Å²) in [6.45, 7) is 0.428. The van der Waals surface area contributed by atoms with Gasteiger partial charge in [-0.15, -0.1) is 0 Å². The Morgan fingerprint density at radius 1 is 1.15 bits per heavy atom. The molecule has 1 unspecified atom stereocenters. The van der Waals surface area contributed by atoms with Crippen LogP contribution in [0.3, 0.4) is 0 Å². The molecule has 10 heteroatoms. The molecule has 2 aromatic carbocycles. The zero-order valence-corrected chi connectivity index (χ0v) is 18.8. The van der Waals surface area contributed by atoms with E-state index in [1.807, 2.05) is 24.3 Å². The van der Waals surface area contributed by atoms with E-state index in [4.69, 9.17) is 9.47 Å². The lowest BCUT2D eigenvalue weighted by Gasteiger charge is -2.26. The molecule has 1 aliphatic heterocycles. The van der Waals surface area contributed by atoms with Gasteiger partial charge in [0.1, 0.15) is 11.3 Å². The molecule has 1 saturated heterocycles. The van der Waals surface area contributed by atoms with E-state index >= 15 is 0 Å². The summed E-state index contributed by atoms with van der Waals surface area (Å²) in [4.78, 5) is 24.8. The number of amides is 1. The number of nitrogens with zero attached hydrogens (tertiary/aromatic N) is 1. The van der Waals surface area contributed by atoms with Crippen molar-refractivity contribution in [2.24, 2.45) is 0 Å². The van der Waals surface area contributed by atoms with Gasteiger partial charge in [0.25, 0.3) is 5.91 Å². The van der Waals surface area contributed by atoms with Gasteiger partial charge < -0.3 is 19.9 Å². The number of phenolic OH excluding ortho intramolecular Hbond substituents is 1. The molecule has 2 aliphatic rings. The van der Waals surface area contributed by atoms with Crippen molar-refractivity contribution in [2.45, 2.75) is 30.2 Å². The molecule has 1 atom stereocenters. The Morgan fingerprint density at radius 3 is 2.70 bits per heavy atom. The Labute approximate surface area is 192 Å². The fraction of sp³-hybridized carbons (Fsp3) is 0.391. The van der Waals surface area contributed by atoms with Gasteiger partial charge in [0.15, 0.2) is 6.61 Å². The molecule has 176 valence electrons. The average Bonchev–Trinajstić information content (AvgIpc) is 2.83. The molecule has 2 aromatic rings. The van der Waals surface area contributed by atoms with Crippen LogP contribution in [0.15, 0.2) is 47.4 Å². The Balaban J connectivity index is 1.40. The standard InChI is InChI=1S/C23H26N2O7S/c26-21-9-8-17(33(29,30)25-10-12-31-13-11-25)14-19(21)23(28)32-15-22(27)24-20-7-3-5-16-4-1-2-6-18(16)20/h1-2,4,6,8-9,14,20,26H,3,5,7,10-13,15H2,(H,24,27). The topological polar surface area (TPSA) is 122 Å². The molecule has 1 heterocycles. The number of esters is 1. The Kier molecular flexibility index (Phi) is 6.96. The molecular weight excluding hydrogens is 448 g/mol. The maximum atomic E-state index is 12.8. The molecule has 0 saturated carbocycles. The number of aromatic hydroxyl groups is 1. The number of carbonyl (C=O) groups excluding carboxylic acids is 2. The summed E-state index contributed by atoms with van der Waals surface area (Å²) in [5.74, 6) is -1.88. The number of ether oxygens (including phenoxy) is 2. The van der Waals surface area contributed by atoms with Gasteiger partial charge in [-0.25, -0.2) is 13.2 Å². The summed E-state index contributed by atoms with van der Waals surface area (Å²) in [6.07, 6.45) is 2.69. The summed E-state index contributed by atoms with van der Waals surface area (Å²) in [5, 5.41) is 13.0. The molecule has 4 rings (SSSR count). The predicted molar refractivity (Wildman–Crippen MR) is 118 cm³/mol. The lowest BCUT2D eigenvalue weighted by molar-refractivity contribution is -0.125. The van der Waals surface area contributed by atoms with Crippen molar-refractivity contribution in [2.75, 3.05) is 32.9 Å². The Hall–Kier alpha value is -2.95. The van der Waals surface area contributed by atoms with Crippen molar-refractivity contribution in [3.8, 4) is 5.75 Å². The minimum atomic E-state index is -3.86. The van der Waals surface area contributed by atoms with Gasteiger partial charge in [-0.3, -0.25) is 4.79 Å². The van der Waals surface area contributed by atoms with Crippen LogP contribution in [0.25, 0.3) is 0 Å². The molecule has 1 fully saturated rings. The van der Waals surface area contributed by atoms with Gasteiger partial charge in [0.2, 0.25) is 10.0 Å². The Morgan fingerprint density at radius 2 is 1.91 bits per heavy atom. The first-order valence-corrected chi connectivity index (χ1v) is 12.3. The van der Waals surface area contributed by atoms with Gasteiger partial charge in [0.05, 0.1) is 24.2 Å². The maximum Gasteiger partial charge on any atom is 0.342 e.